The molecule has 1 aromatic rings. The molecule has 0 bridgehead atoms. The van der Waals surface area contributed by atoms with Crippen LogP contribution in [0.3, 0.4) is 0 Å². The molecule has 1 saturated heterocycles. The van der Waals surface area contributed by atoms with Gasteiger partial charge in [-0.2, -0.15) is 4.31 Å². The van der Waals surface area contributed by atoms with E-state index in [1.807, 2.05) is 17.0 Å². The van der Waals surface area contributed by atoms with Crippen LogP contribution in [0.25, 0.3) is 0 Å². The second-order valence-electron chi connectivity index (χ2n) is 7.42. The molecule has 0 aromatic heterocycles. The van der Waals surface area contributed by atoms with E-state index in [0.29, 0.717) is 37.0 Å². The molecule has 1 heterocycles. The monoisotopic (exact) mass is 379 g/mol. The number of carbonyl (C=O) groups excluding carboxylic acids is 1. The summed E-state index contributed by atoms with van der Waals surface area (Å²) in [7, 11) is -3.49. The van der Waals surface area contributed by atoms with Gasteiger partial charge in [-0.25, -0.2) is 8.42 Å². The zero-order valence-corrected chi connectivity index (χ0v) is 16.2. The zero-order valence-electron chi connectivity index (χ0n) is 15.4. The molecule has 1 aromatic carbocycles. The lowest BCUT2D eigenvalue weighted by Crippen LogP contribution is -2.54. The zero-order chi connectivity index (χ0) is 18.7. The van der Waals surface area contributed by atoms with Gasteiger partial charge in [-0.1, -0.05) is 31.4 Å². The van der Waals surface area contributed by atoms with Gasteiger partial charge in [0.25, 0.3) is 0 Å². The first-order chi connectivity index (χ1) is 12.4. The van der Waals surface area contributed by atoms with E-state index in [2.05, 4.69) is 0 Å². The van der Waals surface area contributed by atoms with Crippen LogP contribution in [0, 0.1) is 0 Å². The van der Waals surface area contributed by atoms with Crippen LogP contribution in [0.1, 0.15) is 50.5 Å². The van der Waals surface area contributed by atoms with Crippen LogP contribution in [0.5, 0.6) is 0 Å². The molecule has 1 atom stereocenters. The number of sulfonamides is 1. The van der Waals surface area contributed by atoms with Crippen LogP contribution in [-0.4, -0.2) is 55.8 Å². The molecule has 1 saturated carbocycles. The van der Waals surface area contributed by atoms with Gasteiger partial charge in [-0.05, 0) is 43.4 Å². The Balaban J connectivity index is 1.66. The molecule has 144 valence electrons. The Morgan fingerprint density at radius 3 is 2.15 bits per heavy atom. The molecule has 2 aliphatic rings. The van der Waals surface area contributed by atoms with E-state index in [1.165, 1.54) is 42.0 Å². The lowest BCUT2D eigenvalue weighted by molar-refractivity contribution is -0.123. The van der Waals surface area contributed by atoms with Crippen molar-refractivity contribution in [2.75, 3.05) is 26.2 Å². The number of hydrogen-bond acceptors (Lipinski definition) is 4. The maximum atomic E-state index is 12.9. The van der Waals surface area contributed by atoms with Crippen molar-refractivity contribution >= 4 is 15.9 Å². The molecule has 2 N–H and O–H groups in total. The molecule has 2 fully saturated rings. The summed E-state index contributed by atoms with van der Waals surface area (Å²) in [6, 6.07) is 7.09. The summed E-state index contributed by atoms with van der Waals surface area (Å²) in [5, 5.41) is 0. The Hall–Kier alpha value is -1.44. The van der Waals surface area contributed by atoms with Gasteiger partial charge in [-0.3, -0.25) is 9.69 Å². The van der Waals surface area contributed by atoms with Crippen LogP contribution in [0.15, 0.2) is 29.2 Å². The molecule has 1 aliphatic carbocycles. The Kier molecular flexibility index (Phi) is 5.99. The first-order valence-electron chi connectivity index (χ1n) is 9.53. The molecule has 7 heteroatoms. The average molecular weight is 380 g/mol. The summed E-state index contributed by atoms with van der Waals surface area (Å²) in [5.41, 5.74) is 6.59. The van der Waals surface area contributed by atoms with Crippen LogP contribution in [0.2, 0.25) is 0 Å². The van der Waals surface area contributed by atoms with Crippen molar-refractivity contribution in [3.8, 4) is 0 Å². The van der Waals surface area contributed by atoms with E-state index in [4.69, 9.17) is 5.73 Å². The maximum absolute atomic E-state index is 12.9. The summed E-state index contributed by atoms with van der Waals surface area (Å²) in [4.78, 5) is 13.6. The van der Waals surface area contributed by atoms with Crippen molar-refractivity contribution in [2.24, 2.45) is 5.73 Å². The Morgan fingerprint density at radius 1 is 1.04 bits per heavy atom. The highest BCUT2D eigenvalue weighted by molar-refractivity contribution is 7.89. The number of nitrogens with two attached hydrogens (primary N) is 1. The van der Waals surface area contributed by atoms with Gasteiger partial charge in [-0.15, -0.1) is 0 Å². The van der Waals surface area contributed by atoms with Crippen molar-refractivity contribution in [3.05, 3.63) is 29.8 Å². The van der Waals surface area contributed by atoms with E-state index in [-0.39, 0.29) is 11.9 Å². The first kappa shape index (κ1) is 19.3. The largest absolute Gasteiger partial charge is 0.368 e. The lowest BCUT2D eigenvalue weighted by atomic mass is 9.84. The normalized spacial score (nSPS) is 22.2. The van der Waals surface area contributed by atoms with E-state index in [9.17, 15) is 13.2 Å². The van der Waals surface area contributed by atoms with Crippen LogP contribution in [-0.2, 0) is 14.8 Å². The van der Waals surface area contributed by atoms with Crippen molar-refractivity contribution in [2.45, 2.75) is 55.9 Å². The molecule has 0 spiro atoms. The number of carbonyl (C=O) groups is 1. The number of primary amides is 1. The number of benzene rings is 1. The van der Waals surface area contributed by atoms with Gasteiger partial charge >= 0.3 is 0 Å². The van der Waals surface area contributed by atoms with Crippen LogP contribution < -0.4 is 5.73 Å². The minimum atomic E-state index is -3.49. The van der Waals surface area contributed by atoms with Gasteiger partial charge in [0.2, 0.25) is 15.9 Å². The van der Waals surface area contributed by atoms with E-state index < -0.39 is 10.0 Å². The Bertz CT molecular complexity index is 719. The van der Waals surface area contributed by atoms with Crippen LogP contribution >= 0.6 is 0 Å². The van der Waals surface area contributed by atoms with Gasteiger partial charge in [0.05, 0.1) is 10.9 Å². The van der Waals surface area contributed by atoms with Gasteiger partial charge in [0.1, 0.15) is 0 Å². The summed E-state index contributed by atoms with van der Waals surface area (Å²) in [6.07, 6.45) is 6.24. The Morgan fingerprint density at radius 2 is 1.62 bits per heavy atom. The molecule has 3 rings (SSSR count). The highest BCUT2D eigenvalue weighted by Crippen LogP contribution is 2.33. The van der Waals surface area contributed by atoms with Crippen molar-refractivity contribution in [1.82, 2.24) is 9.21 Å². The number of piperazine rings is 1. The fraction of sp³-hybridized carbons (Fsp3) is 0.632. The van der Waals surface area contributed by atoms with E-state index in [0.717, 1.165) is 0 Å². The highest BCUT2D eigenvalue weighted by atomic mass is 32.2. The minimum absolute atomic E-state index is 0.355. The third-order valence-corrected chi connectivity index (χ3v) is 7.74. The summed E-state index contributed by atoms with van der Waals surface area (Å²) < 4.78 is 27.3. The molecular formula is C19H29N3O3S. The quantitative estimate of drug-likeness (QED) is 0.847. The predicted octanol–water partition coefficient (Wildman–Crippen LogP) is 1.91. The second kappa shape index (κ2) is 8.06. The Labute approximate surface area is 156 Å². The average Bonchev–Trinajstić information content (AvgIpc) is 2.68. The molecule has 26 heavy (non-hydrogen) atoms. The maximum Gasteiger partial charge on any atom is 0.243 e. The fourth-order valence-corrected chi connectivity index (χ4v) is 5.43. The number of hydrogen-bond donors (Lipinski definition) is 1. The second-order valence-corrected chi connectivity index (χ2v) is 9.36. The molecule has 1 amide bonds. The summed E-state index contributed by atoms with van der Waals surface area (Å²) >= 11 is 0. The van der Waals surface area contributed by atoms with Crippen molar-refractivity contribution < 1.29 is 13.2 Å². The summed E-state index contributed by atoms with van der Waals surface area (Å²) in [6.45, 7) is 3.55. The number of nitrogens with zero attached hydrogens (tertiary/aromatic N) is 2. The van der Waals surface area contributed by atoms with Gasteiger partial charge < -0.3 is 5.73 Å². The smallest absolute Gasteiger partial charge is 0.243 e. The SMILES string of the molecule is CC(C(N)=O)N1CCN(S(=O)(=O)c2ccc(C3CCCCC3)cc2)CC1. The molecule has 1 aliphatic heterocycles. The first-order valence-corrected chi connectivity index (χ1v) is 11.0. The van der Waals surface area contributed by atoms with E-state index >= 15 is 0 Å². The molecule has 0 radical (unpaired) electrons. The summed E-state index contributed by atoms with van der Waals surface area (Å²) in [5.74, 6) is 0.193. The fourth-order valence-electron chi connectivity index (χ4n) is 4.01. The highest BCUT2D eigenvalue weighted by Gasteiger charge is 2.31. The standard InChI is InChI=1S/C19H29N3O3S/c1-15(19(20)23)21-11-13-22(14-12-21)26(24,25)18-9-7-17(8-10-18)16-5-3-2-4-6-16/h7-10,15-16H,2-6,11-14H2,1H3,(H2,20,23). The van der Waals surface area contributed by atoms with Crippen LogP contribution in [0.4, 0.5) is 0 Å². The molecule has 1 unspecified atom stereocenters. The van der Waals surface area contributed by atoms with Crippen molar-refractivity contribution in [3.63, 3.8) is 0 Å². The molecule has 6 nitrogen and oxygen atoms in total. The van der Waals surface area contributed by atoms with Gasteiger partial charge in [0.15, 0.2) is 0 Å². The lowest BCUT2D eigenvalue weighted by Gasteiger charge is -2.36. The third kappa shape index (κ3) is 4.10. The number of rotatable bonds is 5. The molecular weight excluding hydrogens is 350 g/mol. The van der Waals surface area contributed by atoms with Crippen molar-refractivity contribution in [1.29, 1.82) is 0 Å². The van der Waals surface area contributed by atoms with E-state index in [1.54, 1.807) is 19.1 Å². The number of amides is 1. The predicted molar refractivity (Wildman–Crippen MR) is 101 cm³/mol. The minimum Gasteiger partial charge on any atom is -0.368 e. The topological polar surface area (TPSA) is 83.7 Å². The van der Waals surface area contributed by atoms with Gasteiger partial charge in [0, 0.05) is 26.2 Å². The third-order valence-electron chi connectivity index (χ3n) is 5.83.